The number of benzene rings is 1. The summed E-state index contributed by atoms with van der Waals surface area (Å²) in [6, 6.07) is 8.12. The third-order valence-electron chi connectivity index (χ3n) is 8.07. The van der Waals surface area contributed by atoms with Crippen LogP contribution in [0.1, 0.15) is 71.1 Å². The highest BCUT2D eigenvalue weighted by Gasteiger charge is 2.39. The molecule has 0 saturated carbocycles. The number of fused-ring (bicyclic) bond motifs is 3. The average molecular weight is 507 g/mol. The molecule has 2 saturated heterocycles. The van der Waals surface area contributed by atoms with Crippen molar-refractivity contribution in [3.05, 3.63) is 41.7 Å². The number of rotatable bonds is 4. The Morgan fingerprint density at radius 2 is 1.84 bits per heavy atom. The monoisotopic (exact) mass is 506 g/mol. The standard InChI is InChI=1S/C30H42N4O3/c1-21(2)37-28(35)24-19-34(20-30(3,4)26-23-12-6-7-13-25(23)31-27(24)26)29(36)33-16-10-11-22(18-33)17-32-14-8-5-9-15-32/h6-7,12-13,19,21-22,31H,5,8-11,14-18,20H2,1-4H3/t22-/m0/s1. The molecule has 3 aliphatic heterocycles. The molecular formula is C30H42N4O3. The fourth-order valence-corrected chi connectivity index (χ4v) is 6.45. The van der Waals surface area contributed by atoms with Gasteiger partial charge < -0.3 is 19.5 Å². The van der Waals surface area contributed by atoms with Crippen molar-refractivity contribution < 1.29 is 14.3 Å². The first-order chi connectivity index (χ1) is 17.7. The zero-order chi connectivity index (χ0) is 26.2. The van der Waals surface area contributed by atoms with E-state index in [-0.39, 0.29) is 17.6 Å². The summed E-state index contributed by atoms with van der Waals surface area (Å²) in [7, 11) is 0. The summed E-state index contributed by atoms with van der Waals surface area (Å²) >= 11 is 0. The third-order valence-corrected chi connectivity index (χ3v) is 8.07. The van der Waals surface area contributed by atoms with E-state index in [0.29, 0.717) is 18.0 Å². The Balaban J connectivity index is 1.45. The molecule has 5 rings (SSSR count). The Bertz CT molecular complexity index is 1170. The molecule has 200 valence electrons. The number of amides is 2. The fraction of sp³-hybridized carbons (Fsp3) is 0.600. The van der Waals surface area contributed by atoms with Gasteiger partial charge in [0.15, 0.2) is 0 Å². The number of urea groups is 1. The van der Waals surface area contributed by atoms with Gasteiger partial charge >= 0.3 is 12.0 Å². The molecule has 0 radical (unpaired) electrons. The van der Waals surface area contributed by atoms with Crippen LogP contribution >= 0.6 is 0 Å². The van der Waals surface area contributed by atoms with E-state index in [4.69, 9.17) is 4.74 Å². The van der Waals surface area contributed by atoms with Crippen LogP contribution in [-0.4, -0.2) is 77.1 Å². The summed E-state index contributed by atoms with van der Waals surface area (Å²) in [5, 5.41) is 1.08. The van der Waals surface area contributed by atoms with Crippen LogP contribution in [0.4, 0.5) is 4.79 Å². The van der Waals surface area contributed by atoms with Crippen LogP contribution in [0.25, 0.3) is 16.5 Å². The minimum Gasteiger partial charge on any atom is -0.459 e. The van der Waals surface area contributed by atoms with Crippen molar-refractivity contribution in [2.24, 2.45) is 5.92 Å². The van der Waals surface area contributed by atoms with Gasteiger partial charge in [-0.1, -0.05) is 38.5 Å². The van der Waals surface area contributed by atoms with E-state index in [1.807, 2.05) is 36.9 Å². The van der Waals surface area contributed by atoms with E-state index in [1.165, 1.54) is 38.8 Å². The number of hydrogen-bond donors (Lipinski definition) is 1. The van der Waals surface area contributed by atoms with Crippen LogP contribution < -0.4 is 0 Å². The van der Waals surface area contributed by atoms with E-state index in [0.717, 1.165) is 48.2 Å². The lowest BCUT2D eigenvalue weighted by atomic mass is 9.82. The van der Waals surface area contributed by atoms with Crippen molar-refractivity contribution in [1.82, 2.24) is 19.7 Å². The van der Waals surface area contributed by atoms with Gasteiger partial charge in [0, 0.05) is 48.7 Å². The van der Waals surface area contributed by atoms with E-state index < -0.39 is 5.97 Å². The minimum atomic E-state index is -0.403. The van der Waals surface area contributed by atoms with Gasteiger partial charge in [0.1, 0.15) is 0 Å². The topological polar surface area (TPSA) is 68.9 Å². The number of carbonyl (C=O) groups excluding carboxylic acids is 2. The maximum Gasteiger partial charge on any atom is 0.342 e. The Labute approximate surface area is 220 Å². The summed E-state index contributed by atoms with van der Waals surface area (Å²) < 4.78 is 5.66. The fourth-order valence-electron chi connectivity index (χ4n) is 6.45. The molecule has 7 heteroatoms. The molecule has 0 unspecified atom stereocenters. The highest BCUT2D eigenvalue weighted by molar-refractivity contribution is 6.18. The lowest BCUT2D eigenvalue weighted by Gasteiger charge is -2.39. The van der Waals surface area contributed by atoms with E-state index in [2.05, 4.69) is 29.8 Å². The molecule has 0 bridgehead atoms. The second kappa shape index (κ2) is 10.5. The first-order valence-corrected chi connectivity index (χ1v) is 14.0. The molecule has 0 aliphatic carbocycles. The molecule has 1 atom stereocenters. The lowest BCUT2D eigenvalue weighted by Crippen LogP contribution is -2.50. The van der Waals surface area contributed by atoms with Crippen molar-refractivity contribution in [2.45, 2.75) is 71.3 Å². The Kier molecular flexibility index (Phi) is 7.35. The number of nitrogens with zero attached hydrogens (tertiary/aromatic N) is 3. The molecular weight excluding hydrogens is 464 g/mol. The highest BCUT2D eigenvalue weighted by atomic mass is 16.5. The molecule has 2 fully saturated rings. The predicted molar refractivity (Wildman–Crippen MR) is 147 cm³/mol. The first kappa shape index (κ1) is 25.8. The third kappa shape index (κ3) is 5.42. The van der Waals surface area contributed by atoms with Crippen LogP contribution in [0.2, 0.25) is 0 Å². The van der Waals surface area contributed by atoms with Gasteiger partial charge in [-0.2, -0.15) is 0 Å². The van der Waals surface area contributed by atoms with Crippen molar-refractivity contribution in [2.75, 3.05) is 39.3 Å². The number of esters is 1. The van der Waals surface area contributed by atoms with Crippen LogP contribution in [0.5, 0.6) is 0 Å². The largest absolute Gasteiger partial charge is 0.459 e. The number of likely N-dealkylation sites (tertiary alicyclic amines) is 2. The number of hydrogen-bond acceptors (Lipinski definition) is 4. The lowest BCUT2D eigenvalue weighted by molar-refractivity contribution is -0.140. The average Bonchev–Trinajstić information content (AvgIpc) is 3.21. The maximum atomic E-state index is 14.0. The molecule has 1 aromatic carbocycles. The number of piperidine rings is 2. The Morgan fingerprint density at radius 3 is 2.59 bits per heavy atom. The predicted octanol–water partition coefficient (Wildman–Crippen LogP) is 5.37. The molecule has 7 nitrogen and oxygen atoms in total. The molecule has 4 heterocycles. The van der Waals surface area contributed by atoms with Gasteiger partial charge in [0.05, 0.1) is 17.4 Å². The number of aromatic nitrogens is 1. The van der Waals surface area contributed by atoms with Gasteiger partial charge in [-0.3, -0.25) is 4.90 Å². The number of carbonyl (C=O) groups is 2. The van der Waals surface area contributed by atoms with Crippen LogP contribution in [0.3, 0.4) is 0 Å². The van der Waals surface area contributed by atoms with Gasteiger partial charge in [0.25, 0.3) is 0 Å². The number of nitrogens with one attached hydrogen (secondary N) is 1. The molecule has 2 aromatic rings. The van der Waals surface area contributed by atoms with Gasteiger partial charge in [-0.15, -0.1) is 0 Å². The molecule has 3 aliphatic rings. The summed E-state index contributed by atoms with van der Waals surface area (Å²) in [4.78, 5) is 37.2. The number of aromatic amines is 1. The van der Waals surface area contributed by atoms with E-state index >= 15 is 0 Å². The van der Waals surface area contributed by atoms with Crippen LogP contribution in [-0.2, 0) is 14.9 Å². The highest BCUT2D eigenvalue weighted by Crippen LogP contribution is 2.40. The molecule has 0 spiro atoms. The number of para-hydroxylation sites is 1. The Morgan fingerprint density at radius 1 is 1.08 bits per heavy atom. The smallest absolute Gasteiger partial charge is 0.342 e. The van der Waals surface area contributed by atoms with Gasteiger partial charge in [-0.25, -0.2) is 9.59 Å². The quantitative estimate of drug-likeness (QED) is 0.566. The Hall–Kier alpha value is -2.80. The zero-order valence-electron chi connectivity index (χ0n) is 22.9. The summed E-state index contributed by atoms with van der Waals surface area (Å²) in [6.07, 6.45) is 7.59. The maximum absolute atomic E-state index is 14.0. The number of ether oxygens (including phenoxy) is 1. The van der Waals surface area contributed by atoms with Crippen molar-refractivity contribution in [3.63, 3.8) is 0 Å². The second-order valence-electron chi connectivity index (χ2n) is 12.0. The molecule has 37 heavy (non-hydrogen) atoms. The normalized spacial score (nSPS) is 22.5. The molecule has 2 amide bonds. The van der Waals surface area contributed by atoms with E-state index in [9.17, 15) is 9.59 Å². The number of H-pyrrole nitrogens is 1. The van der Waals surface area contributed by atoms with Crippen LogP contribution in [0, 0.1) is 5.92 Å². The second-order valence-corrected chi connectivity index (χ2v) is 12.0. The zero-order valence-corrected chi connectivity index (χ0v) is 22.9. The van der Waals surface area contributed by atoms with Crippen molar-refractivity contribution in [3.8, 4) is 0 Å². The first-order valence-electron chi connectivity index (χ1n) is 14.0. The minimum absolute atomic E-state index is 0.0132. The summed E-state index contributed by atoms with van der Waals surface area (Å²) in [5.41, 5.74) is 2.85. The summed E-state index contributed by atoms with van der Waals surface area (Å²) in [6.45, 7) is 13.5. The molecule has 1 aromatic heterocycles. The SMILES string of the molecule is CC(C)OC(=O)C1=CN(C(=O)N2CCC[C@@H](CN3CCCCC3)C2)CC(C)(C)c2c1[nH]c1ccccc21. The molecule has 1 N–H and O–H groups in total. The van der Waals surface area contributed by atoms with E-state index in [1.54, 1.807) is 11.1 Å². The van der Waals surface area contributed by atoms with Crippen LogP contribution in [0.15, 0.2) is 30.5 Å². The van der Waals surface area contributed by atoms with Gasteiger partial charge in [0.2, 0.25) is 0 Å². The van der Waals surface area contributed by atoms with Gasteiger partial charge in [-0.05, 0) is 70.2 Å². The van der Waals surface area contributed by atoms with Crippen molar-refractivity contribution in [1.29, 1.82) is 0 Å². The van der Waals surface area contributed by atoms with Crippen molar-refractivity contribution >= 4 is 28.5 Å². The summed E-state index contributed by atoms with van der Waals surface area (Å²) in [5.74, 6) is 0.0988.